The third kappa shape index (κ3) is 3.65. The Labute approximate surface area is 121 Å². The zero-order chi connectivity index (χ0) is 13.7. The summed E-state index contributed by atoms with van der Waals surface area (Å²) in [5, 5.41) is 3.27. The molecule has 0 radical (unpaired) electrons. The lowest BCUT2D eigenvalue weighted by molar-refractivity contribution is 0.199. The Morgan fingerprint density at radius 2 is 2.26 bits per heavy atom. The first kappa shape index (κ1) is 14.2. The van der Waals surface area contributed by atoms with Crippen molar-refractivity contribution in [2.45, 2.75) is 13.5 Å². The van der Waals surface area contributed by atoms with Crippen molar-refractivity contribution in [2.24, 2.45) is 0 Å². The molecule has 102 valence electrons. The largest absolute Gasteiger partial charge is 0.443 e. The first-order valence-electron chi connectivity index (χ1n) is 6.11. The minimum atomic E-state index is 0.668. The second kappa shape index (κ2) is 6.84. The maximum atomic E-state index is 5.54. The standard InChI is InChI=1S/C14H17BrN2O2/c1-10-3-4-11(15)7-12(10)14-13(17-9-19-14)8-16-5-6-18-2/h3-4,7,9,16H,5-6,8H2,1-2H3. The molecule has 0 aliphatic heterocycles. The third-order valence-corrected chi connectivity index (χ3v) is 3.35. The minimum Gasteiger partial charge on any atom is -0.443 e. The van der Waals surface area contributed by atoms with E-state index in [1.54, 1.807) is 7.11 Å². The molecule has 0 aliphatic carbocycles. The van der Waals surface area contributed by atoms with E-state index in [-0.39, 0.29) is 0 Å². The van der Waals surface area contributed by atoms with Gasteiger partial charge in [-0.2, -0.15) is 0 Å². The Hall–Kier alpha value is -1.17. The smallest absolute Gasteiger partial charge is 0.181 e. The van der Waals surface area contributed by atoms with Gasteiger partial charge in [0.1, 0.15) is 5.69 Å². The number of hydrogen-bond acceptors (Lipinski definition) is 4. The number of halogens is 1. The molecule has 2 aromatic rings. The molecule has 0 unspecified atom stereocenters. The number of rotatable bonds is 6. The SMILES string of the molecule is COCCNCc1ncoc1-c1cc(Br)ccc1C. The summed E-state index contributed by atoms with van der Waals surface area (Å²) in [6, 6.07) is 6.13. The van der Waals surface area contributed by atoms with Crippen LogP contribution in [0, 0.1) is 6.92 Å². The molecule has 0 aliphatic rings. The van der Waals surface area contributed by atoms with Crippen molar-refractivity contribution in [3.63, 3.8) is 0 Å². The summed E-state index contributed by atoms with van der Waals surface area (Å²) >= 11 is 3.49. The number of aromatic nitrogens is 1. The fraction of sp³-hybridized carbons (Fsp3) is 0.357. The highest BCUT2D eigenvalue weighted by atomic mass is 79.9. The molecule has 1 heterocycles. The van der Waals surface area contributed by atoms with Crippen LogP contribution in [0.25, 0.3) is 11.3 Å². The van der Waals surface area contributed by atoms with Gasteiger partial charge < -0.3 is 14.5 Å². The first-order chi connectivity index (χ1) is 9.22. The quantitative estimate of drug-likeness (QED) is 0.829. The third-order valence-electron chi connectivity index (χ3n) is 2.86. The molecular formula is C14H17BrN2O2. The molecule has 0 amide bonds. The summed E-state index contributed by atoms with van der Waals surface area (Å²) in [6.45, 7) is 4.21. The summed E-state index contributed by atoms with van der Waals surface area (Å²) in [5.41, 5.74) is 3.14. The van der Waals surface area contributed by atoms with Crippen LogP contribution >= 0.6 is 15.9 Å². The zero-order valence-corrected chi connectivity index (χ0v) is 12.7. The van der Waals surface area contributed by atoms with Crippen LogP contribution < -0.4 is 5.32 Å². The molecule has 0 atom stereocenters. The van der Waals surface area contributed by atoms with Gasteiger partial charge in [-0.05, 0) is 24.6 Å². The summed E-state index contributed by atoms with van der Waals surface area (Å²) in [4.78, 5) is 4.28. The normalized spacial score (nSPS) is 10.9. The van der Waals surface area contributed by atoms with E-state index in [2.05, 4.69) is 45.3 Å². The zero-order valence-electron chi connectivity index (χ0n) is 11.1. The highest BCUT2D eigenvalue weighted by molar-refractivity contribution is 9.10. The predicted molar refractivity (Wildman–Crippen MR) is 78.0 cm³/mol. The van der Waals surface area contributed by atoms with Crippen LogP contribution in [0.2, 0.25) is 0 Å². The topological polar surface area (TPSA) is 47.3 Å². The molecule has 1 N–H and O–H groups in total. The van der Waals surface area contributed by atoms with Gasteiger partial charge in [0.15, 0.2) is 12.2 Å². The highest BCUT2D eigenvalue weighted by Crippen LogP contribution is 2.29. The summed E-state index contributed by atoms with van der Waals surface area (Å²) < 4.78 is 11.6. The van der Waals surface area contributed by atoms with Crippen LogP contribution in [0.1, 0.15) is 11.3 Å². The Morgan fingerprint density at radius 1 is 1.42 bits per heavy atom. The number of nitrogens with one attached hydrogen (secondary N) is 1. The molecule has 0 bridgehead atoms. The van der Waals surface area contributed by atoms with Gasteiger partial charge in [0, 0.05) is 30.2 Å². The van der Waals surface area contributed by atoms with E-state index in [0.29, 0.717) is 13.2 Å². The summed E-state index contributed by atoms with van der Waals surface area (Å²) in [6.07, 6.45) is 1.49. The molecule has 1 aromatic carbocycles. The van der Waals surface area contributed by atoms with Gasteiger partial charge in [0.2, 0.25) is 0 Å². The molecular weight excluding hydrogens is 308 g/mol. The number of aryl methyl sites for hydroxylation is 1. The van der Waals surface area contributed by atoms with Crippen LogP contribution in [-0.4, -0.2) is 25.2 Å². The van der Waals surface area contributed by atoms with Crippen molar-refractivity contribution in [1.82, 2.24) is 10.3 Å². The van der Waals surface area contributed by atoms with E-state index in [1.165, 1.54) is 6.39 Å². The molecule has 1 aromatic heterocycles. The molecule has 0 saturated heterocycles. The monoisotopic (exact) mass is 324 g/mol. The lowest BCUT2D eigenvalue weighted by Gasteiger charge is -2.06. The van der Waals surface area contributed by atoms with Gasteiger partial charge in [-0.3, -0.25) is 0 Å². The first-order valence-corrected chi connectivity index (χ1v) is 6.90. The lowest BCUT2D eigenvalue weighted by Crippen LogP contribution is -2.19. The highest BCUT2D eigenvalue weighted by Gasteiger charge is 2.13. The number of hydrogen-bond donors (Lipinski definition) is 1. The molecule has 0 fully saturated rings. The Morgan fingerprint density at radius 3 is 3.05 bits per heavy atom. The number of oxazole rings is 1. The molecule has 5 heteroatoms. The Bertz CT molecular complexity index is 540. The average Bonchev–Trinajstić information content (AvgIpc) is 2.86. The Kier molecular flexibility index (Phi) is 5.13. The summed E-state index contributed by atoms with van der Waals surface area (Å²) in [7, 11) is 1.69. The fourth-order valence-electron chi connectivity index (χ4n) is 1.83. The van der Waals surface area contributed by atoms with Crippen molar-refractivity contribution in [3.05, 3.63) is 40.3 Å². The van der Waals surface area contributed by atoms with Gasteiger partial charge >= 0.3 is 0 Å². The van der Waals surface area contributed by atoms with Crippen molar-refractivity contribution in [1.29, 1.82) is 0 Å². The van der Waals surface area contributed by atoms with E-state index in [4.69, 9.17) is 9.15 Å². The maximum absolute atomic E-state index is 5.54. The molecule has 0 spiro atoms. The number of methoxy groups -OCH3 is 1. The van der Waals surface area contributed by atoms with Crippen molar-refractivity contribution in [3.8, 4) is 11.3 Å². The van der Waals surface area contributed by atoms with E-state index in [0.717, 1.165) is 33.6 Å². The van der Waals surface area contributed by atoms with Crippen LogP contribution in [0.4, 0.5) is 0 Å². The van der Waals surface area contributed by atoms with E-state index in [1.807, 2.05) is 6.07 Å². The Balaban J connectivity index is 2.16. The van der Waals surface area contributed by atoms with Crippen LogP contribution in [0.15, 0.2) is 33.5 Å². The second-order valence-corrected chi connectivity index (χ2v) is 5.17. The van der Waals surface area contributed by atoms with Crippen molar-refractivity contribution in [2.75, 3.05) is 20.3 Å². The van der Waals surface area contributed by atoms with E-state index < -0.39 is 0 Å². The van der Waals surface area contributed by atoms with E-state index >= 15 is 0 Å². The predicted octanol–water partition coefficient (Wildman–Crippen LogP) is 3.15. The maximum Gasteiger partial charge on any atom is 0.181 e. The van der Waals surface area contributed by atoms with Gasteiger partial charge in [-0.15, -0.1) is 0 Å². The molecule has 19 heavy (non-hydrogen) atoms. The second-order valence-electron chi connectivity index (χ2n) is 4.26. The van der Waals surface area contributed by atoms with Gasteiger partial charge in [-0.1, -0.05) is 22.0 Å². The summed E-state index contributed by atoms with van der Waals surface area (Å²) in [5.74, 6) is 0.823. The molecule has 4 nitrogen and oxygen atoms in total. The van der Waals surface area contributed by atoms with Gasteiger partial charge in [0.25, 0.3) is 0 Å². The van der Waals surface area contributed by atoms with Gasteiger partial charge in [-0.25, -0.2) is 4.98 Å². The average molecular weight is 325 g/mol. The van der Waals surface area contributed by atoms with E-state index in [9.17, 15) is 0 Å². The minimum absolute atomic E-state index is 0.668. The number of ether oxygens (including phenoxy) is 1. The van der Waals surface area contributed by atoms with Crippen LogP contribution in [0.5, 0.6) is 0 Å². The van der Waals surface area contributed by atoms with Crippen molar-refractivity contribution >= 4 is 15.9 Å². The lowest BCUT2D eigenvalue weighted by atomic mass is 10.1. The van der Waals surface area contributed by atoms with Crippen molar-refractivity contribution < 1.29 is 9.15 Å². The van der Waals surface area contributed by atoms with Crippen LogP contribution in [-0.2, 0) is 11.3 Å². The number of nitrogens with zero attached hydrogens (tertiary/aromatic N) is 1. The molecule has 0 saturated carbocycles. The number of benzene rings is 1. The van der Waals surface area contributed by atoms with Crippen LogP contribution in [0.3, 0.4) is 0 Å². The fourth-order valence-corrected chi connectivity index (χ4v) is 2.20. The van der Waals surface area contributed by atoms with Gasteiger partial charge in [0.05, 0.1) is 6.61 Å². The molecule has 2 rings (SSSR count).